The lowest BCUT2D eigenvalue weighted by atomic mass is 10.1. The number of amides is 1. The molecule has 1 heterocycles. The van der Waals surface area contributed by atoms with E-state index in [0.29, 0.717) is 18.7 Å². The molecule has 0 radical (unpaired) electrons. The maximum atomic E-state index is 13.0. The molecule has 5 heteroatoms. The number of hydrogen-bond acceptors (Lipinski definition) is 4. The standard InChI is InChI=1S/C21H20N2O3/c1-25-22-14-17-9-11-19(12-10-17)21(24)23(16-20-8-5-13-26-20)15-18-6-3-2-4-7-18/h2-14H,15-16H2,1H3/b22-14+. The predicted octanol–water partition coefficient (Wildman–Crippen LogP) is 4.10. The molecule has 0 aliphatic heterocycles. The third-order valence-electron chi connectivity index (χ3n) is 3.90. The average molecular weight is 348 g/mol. The van der Waals surface area contributed by atoms with E-state index < -0.39 is 0 Å². The van der Waals surface area contributed by atoms with Crippen molar-refractivity contribution in [3.63, 3.8) is 0 Å². The summed E-state index contributed by atoms with van der Waals surface area (Å²) in [5.74, 6) is 0.693. The zero-order chi connectivity index (χ0) is 18.2. The van der Waals surface area contributed by atoms with E-state index in [9.17, 15) is 4.79 Å². The van der Waals surface area contributed by atoms with Gasteiger partial charge in [-0.05, 0) is 35.4 Å². The minimum Gasteiger partial charge on any atom is -0.467 e. The van der Waals surface area contributed by atoms with Crippen LogP contribution in [0.15, 0.2) is 82.6 Å². The van der Waals surface area contributed by atoms with E-state index in [1.54, 1.807) is 29.5 Å². The van der Waals surface area contributed by atoms with E-state index in [1.165, 1.54) is 7.11 Å². The maximum absolute atomic E-state index is 13.0. The van der Waals surface area contributed by atoms with Gasteiger partial charge in [-0.25, -0.2) is 0 Å². The second-order valence-corrected chi connectivity index (χ2v) is 5.77. The van der Waals surface area contributed by atoms with Crippen LogP contribution in [0.1, 0.15) is 27.2 Å². The first-order valence-corrected chi connectivity index (χ1v) is 8.28. The van der Waals surface area contributed by atoms with Crippen molar-refractivity contribution in [3.05, 3.63) is 95.4 Å². The number of carbonyl (C=O) groups excluding carboxylic acids is 1. The Morgan fingerprint density at radius 2 is 1.81 bits per heavy atom. The first-order valence-electron chi connectivity index (χ1n) is 8.28. The van der Waals surface area contributed by atoms with Gasteiger partial charge in [0, 0.05) is 12.1 Å². The molecule has 0 N–H and O–H groups in total. The van der Waals surface area contributed by atoms with Crippen molar-refractivity contribution < 1.29 is 14.0 Å². The van der Waals surface area contributed by atoms with Gasteiger partial charge in [0.05, 0.1) is 19.0 Å². The van der Waals surface area contributed by atoms with Crippen LogP contribution in [-0.4, -0.2) is 24.1 Å². The summed E-state index contributed by atoms with van der Waals surface area (Å²) in [5.41, 5.74) is 2.54. The molecule has 1 amide bonds. The molecule has 0 aliphatic rings. The molecule has 0 saturated heterocycles. The third kappa shape index (κ3) is 4.60. The van der Waals surface area contributed by atoms with Crippen LogP contribution in [0.4, 0.5) is 0 Å². The molecule has 26 heavy (non-hydrogen) atoms. The molecule has 3 rings (SSSR count). The van der Waals surface area contributed by atoms with Crippen molar-refractivity contribution in [2.24, 2.45) is 5.16 Å². The minimum absolute atomic E-state index is 0.0551. The molecular weight excluding hydrogens is 328 g/mol. The fraction of sp³-hybridized carbons (Fsp3) is 0.143. The summed E-state index contributed by atoms with van der Waals surface area (Å²) < 4.78 is 5.43. The number of benzene rings is 2. The van der Waals surface area contributed by atoms with Gasteiger partial charge in [-0.1, -0.05) is 47.6 Å². The predicted molar refractivity (Wildman–Crippen MR) is 99.8 cm³/mol. The van der Waals surface area contributed by atoms with Gasteiger partial charge < -0.3 is 14.2 Å². The molecule has 0 spiro atoms. The van der Waals surface area contributed by atoms with Crippen molar-refractivity contribution in [1.29, 1.82) is 0 Å². The van der Waals surface area contributed by atoms with Gasteiger partial charge in [0.25, 0.3) is 5.91 Å². The third-order valence-corrected chi connectivity index (χ3v) is 3.90. The second kappa shape index (κ2) is 8.67. The smallest absolute Gasteiger partial charge is 0.254 e. The van der Waals surface area contributed by atoms with Gasteiger partial charge >= 0.3 is 0 Å². The Balaban J connectivity index is 1.80. The topological polar surface area (TPSA) is 55.0 Å². The van der Waals surface area contributed by atoms with Crippen molar-refractivity contribution in [3.8, 4) is 0 Å². The molecule has 0 atom stereocenters. The molecule has 0 bridgehead atoms. The molecule has 132 valence electrons. The van der Waals surface area contributed by atoms with Crippen LogP contribution >= 0.6 is 0 Å². The Morgan fingerprint density at radius 3 is 2.46 bits per heavy atom. The number of nitrogens with zero attached hydrogens (tertiary/aromatic N) is 2. The number of furan rings is 1. The zero-order valence-electron chi connectivity index (χ0n) is 14.5. The summed E-state index contributed by atoms with van der Waals surface area (Å²) in [4.78, 5) is 19.5. The van der Waals surface area contributed by atoms with Gasteiger partial charge in [0.2, 0.25) is 0 Å². The molecule has 1 aromatic heterocycles. The van der Waals surface area contributed by atoms with E-state index in [1.807, 2.05) is 54.6 Å². The summed E-state index contributed by atoms with van der Waals surface area (Å²) in [5, 5.41) is 3.72. The minimum atomic E-state index is -0.0551. The SMILES string of the molecule is CO/N=C/c1ccc(C(=O)N(Cc2ccccc2)Cc2ccco2)cc1. The van der Waals surface area contributed by atoms with Crippen LogP contribution in [0, 0.1) is 0 Å². The lowest BCUT2D eigenvalue weighted by molar-refractivity contribution is 0.0717. The van der Waals surface area contributed by atoms with Crippen molar-refractivity contribution >= 4 is 12.1 Å². The van der Waals surface area contributed by atoms with Gasteiger partial charge in [0.1, 0.15) is 12.9 Å². The molecule has 0 unspecified atom stereocenters. The van der Waals surface area contributed by atoms with Gasteiger partial charge in [0.15, 0.2) is 0 Å². The molecule has 0 aliphatic carbocycles. The first kappa shape index (κ1) is 17.5. The fourth-order valence-electron chi connectivity index (χ4n) is 2.60. The van der Waals surface area contributed by atoms with Crippen LogP contribution in [0.2, 0.25) is 0 Å². The van der Waals surface area contributed by atoms with Crippen LogP contribution < -0.4 is 0 Å². The largest absolute Gasteiger partial charge is 0.467 e. The summed E-state index contributed by atoms with van der Waals surface area (Å²) in [6.07, 6.45) is 3.21. The van der Waals surface area contributed by atoms with Crippen LogP contribution in [-0.2, 0) is 17.9 Å². The Labute approximate surface area is 152 Å². The Bertz CT molecular complexity index is 841. The quantitative estimate of drug-likeness (QED) is 0.477. The molecule has 0 fully saturated rings. The Hall–Kier alpha value is -3.34. The van der Waals surface area contributed by atoms with Crippen molar-refractivity contribution in [2.45, 2.75) is 13.1 Å². The van der Waals surface area contributed by atoms with Gasteiger partial charge in [-0.2, -0.15) is 0 Å². The molecular formula is C21H20N2O3. The zero-order valence-corrected chi connectivity index (χ0v) is 14.5. The first-order chi connectivity index (χ1) is 12.8. The van der Waals surface area contributed by atoms with Crippen LogP contribution in [0.5, 0.6) is 0 Å². The van der Waals surface area contributed by atoms with Crippen LogP contribution in [0.3, 0.4) is 0 Å². The Kier molecular flexibility index (Phi) is 5.83. The van der Waals surface area contributed by atoms with Crippen LogP contribution in [0.25, 0.3) is 0 Å². The fourth-order valence-corrected chi connectivity index (χ4v) is 2.60. The summed E-state index contributed by atoms with van der Waals surface area (Å²) >= 11 is 0. The van der Waals surface area contributed by atoms with Gasteiger partial charge in [-0.3, -0.25) is 4.79 Å². The Morgan fingerprint density at radius 1 is 1.04 bits per heavy atom. The highest BCUT2D eigenvalue weighted by atomic mass is 16.6. The average Bonchev–Trinajstić information content (AvgIpc) is 3.20. The lowest BCUT2D eigenvalue weighted by Crippen LogP contribution is -2.30. The van der Waals surface area contributed by atoms with E-state index in [4.69, 9.17) is 4.42 Å². The second-order valence-electron chi connectivity index (χ2n) is 5.77. The number of carbonyl (C=O) groups is 1. The number of hydrogen-bond donors (Lipinski definition) is 0. The highest BCUT2D eigenvalue weighted by Crippen LogP contribution is 2.15. The summed E-state index contributed by atoms with van der Waals surface area (Å²) in [6.45, 7) is 0.918. The highest BCUT2D eigenvalue weighted by Gasteiger charge is 2.17. The normalized spacial score (nSPS) is 10.8. The van der Waals surface area contributed by atoms with Crippen molar-refractivity contribution in [1.82, 2.24) is 4.90 Å². The van der Waals surface area contributed by atoms with E-state index >= 15 is 0 Å². The summed E-state index contributed by atoms with van der Waals surface area (Å²) in [6, 6.07) is 20.9. The number of rotatable bonds is 7. The molecule has 3 aromatic rings. The highest BCUT2D eigenvalue weighted by molar-refractivity contribution is 5.95. The molecule has 2 aromatic carbocycles. The monoisotopic (exact) mass is 348 g/mol. The van der Waals surface area contributed by atoms with E-state index in [-0.39, 0.29) is 5.91 Å². The molecule has 5 nitrogen and oxygen atoms in total. The summed E-state index contributed by atoms with van der Waals surface area (Å²) in [7, 11) is 1.49. The van der Waals surface area contributed by atoms with E-state index in [2.05, 4.69) is 9.99 Å². The van der Waals surface area contributed by atoms with Gasteiger partial charge in [-0.15, -0.1) is 0 Å². The van der Waals surface area contributed by atoms with Crippen molar-refractivity contribution in [2.75, 3.05) is 7.11 Å². The van der Waals surface area contributed by atoms with E-state index in [0.717, 1.165) is 16.9 Å². The maximum Gasteiger partial charge on any atom is 0.254 e. The lowest BCUT2D eigenvalue weighted by Gasteiger charge is -2.22. The number of oxime groups is 1. The molecule has 0 saturated carbocycles.